The minimum absolute atomic E-state index is 0.0387. The highest BCUT2D eigenvalue weighted by Crippen LogP contribution is 2.18. The van der Waals surface area contributed by atoms with Gasteiger partial charge in [-0.3, -0.25) is 4.79 Å². The minimum Gasteiger partial charge on any atom is -0.507 e. The van der Waals surface area contributed by atoms with Gasteiger partial charge in [-0.15, -0.1) is 0 Å². The van der Waals surface area contributed by atoms with Crippen molar-refractivity contribution >= 4 is 11.6 Å². The predicted molar refractivity (Wildman–Crippen MR) is 70.1 cm³/mol. The van der Waals surface area contributed by atoms with Crippen LogP contribution in [0.1, 0.15) is 15.9 Å². The van der Waals surface area contributed by atoms with Gasteiger partial charge in [0.25, 0.3) is 5.91 Å². The van der Waals surface area contributed by atoms with Gasteiger partial charge in [-0.05, 0) is 29.8 Å². The van der Waals surface area contributed by atoms with Gasteiger partial charge in [-0.1, -0.05) is 12.1 Å². The van der Waals surface area contributed by atoms with Crippen molar-refractivity contribution in [2.75, 3.05) is 5.73 Å². The monoisotopic (exact) mass is 260 g/mol. The number of anilines is 1. The summed E-state index contributed by atoms with van der Waals surface area (Å²) >= 11 is 0. The lowest BCUT2D eigenvalue weighted by Crippen LogP contribution is -2.22. The standard InChI is InChI=1S/C14H13FN2O2/c15-10-3-6-12(13(18)7-10)14(19)17-8-9-1-4-11(16)5-2-9/h1-7,18H,8,16H2,(H,17,19). The van der Waals surface area contributed by atoms with Gasteiger partial charge < -0.3 is 16.2 Å². The summed E-state index contributed by atoms with van der Waals surface area (Å²) in [4.78, 5) is 11.8. The second kappa shape index (κ2) is 5.39. The molecule has 0 unspecified atom stereocenters. The third-order valence-electron chi connectivity index (χ3n) is 2.64. The first-order valence-corrected chi connectivity index (χ1v) is 5.67. The number of nitrogens with one attached hydrogen (secondary N) is 1. The van der Waals surface area contributed by atoms with E-state index in [1.807, 2.05) is 0 Å². The minimum atomic E-state index is -0.590. The fraction of sp³-hybridized carbons (Fsp3) is 0.0714. The number of hydrogen-bond acceptors (Lipinski definition) is 3. The van der Waals surface area contributed by atoms with E-state index in [0.29, 0.717) is 12.2 Å². The maximum absolute atomic E-state index is 12.8. The molecule has 2 aromatic rings. The average molecular weight is 260 g/mol. The van der Waals surface area contributed by atoms with E-state index in [-0.39, 0.29) is 11.3 Å². The zero-order valence-corrected chi connectivity index (χ0v) is 10.1. The van der Waals surface area contributed by atoms with Gasteiger partial charge in [0, 0.05) is 18.3 Å². The fourth-order valence-electron chi connectivity index (χ4n) is 1.61. The van der Waals surface area contributed by atoms with Gasteiger partial charge in [-0.25, -0.2) is 4.39 Å². The first kappa shape index (κ1) is 12.9. The molecule has 4 nitrogen and oxygen atoms in total. The van der Waals surface area contributed by atoms with Crippen molar-refractivity contribution in [3.05, 3.63) is 59.4 Å². The van der Waals surface area contributed by atoms with Crippen LogP contribution in [0.5, 0.6) is 5.75 Å². The van der Waals surface area contributed by atoms with Gasteiger partial charge in [0.15, 0.2) is 0 Å². The van der Waals surface area contributed by atoms with Gasteiger partial charge in [-0.2, -0.15) is 0 Å². The number of nitrogens with two attached hydrogens (primary N) is 1. The smallest absolute Gasteiger partial charge is 0.255 e. The normalized spacial score (nSPS) is 10.2. The van der Waals surface area contributed by atoms with Crippen LogP contribution in [-0.2, 0) is 6.54 Å². The van der Waals surface area contributed by atoms with E-state index >= 15 is 0 Å². The van der Waals surface area contributed by atoms with Gasteiger partial charge >= 0.3 is 0 Å². The zero-order chi connectivity index (χ0) is 13.8. The Hall–Kier alpha value is -2.56. The van der Waals surface area contributed by atoms with Crippen LogP contribution in [0, 0.1) is 5.82 Å². The van der Waals surface area contributed by atoms with Crippen LogP contribution in [-0.4, -0.2) is 11.0 Å². The summed E-state index contributed by atoms with van der Waals surface area (Å²) in [6.07, 6.45) is 0. The van der Waals surface area contributed by atoms with E-state index in [0.717, 1.165) is 17.7 Å². The molecular weight excluding hydrogens is 247 g/mol. The number of aromatic hydroxyl groups is 1. The molecule has 0 atom stereocenters. The van der Waals surface area contributed by atoms with E-state index in [1.165, 1.54) is 6.07 Å². The number of carbonyl (C=O) groups is 1. The Labute approximate surface area is 109 Å². The van der Waals surface area contributed by atoms with Crippen molar-refractivity contribution in [3.63, 3.8) is 0 Å². The van der Waals surface area contributed by atoms with Crippen LogP contribution >= 0.6 is 0 Å². The summed E-state index contributed by atoms with van der Waals surface area (Å²) in [5.74, 6) is -1.43. The molecule has 98 valence electrons. The van der Waals surface area contributed by atoms with E-state index in [1.54, 1.807) is 24.3 Å². The maximum atomic E-state index is 12.8. The van der Waals surface area contributed by atoms with E-state index < -0.39 is 11.7 Å². The molecule has 1 amide bonds. The molecular formula is C14H13FN2O2. The highest BCUT2D eigenvalue weighted by atomic mass is 19.1. The molecule has 5 heteroatoms. The Morgan fingerprint density at radius 1 is 1.21 bits per heavy atom. The zero-order valence-electron chi connectivity index (χ0n) is 10.1. The number of phenols is 1. The Bertz CT molecular complexity index is 597. The van der Waals surface area contributed by atoms with Crippen molar-refractivity contribution in [3.8, 4) is 5.75 Å². The molecule has 0 aliphatic rings. The molecule has 0 spiro atoms. The van der Waals surface area contributed by atoms with Crippen LogP contribution in [0.3, 0.4) is 0 Å². The topological polar surface area (TPSA) is 75.3 Å². The van der Waals surface area contributed by atoms with Crippen molar-refractivity contribution in [2.24, 2.45) is 0 Å². The number of rotatable bonds is 3. The summed E-state index contributed by atoms with van der Waals surface area (Å²) in [5, 5.41) is 12.1. The number of nitrogen functional groups attached to an aromatic ring is 1. The SMILES string of the molecule is Nc1ccc(CNC(=O)c2ccc(F)cc2O)cc1. The number of halogens is 1. The molecule has 0 saturated heterocycles. The Balaban J connectivity index is 2.03. The highest BCUT2D eigenvalue weighted by molar-refractivity contribution is 5.96. The lowest BCUT2D eigenvalue weighted by atomic mass is 10.1. The second-order valence-corrected chi connectivity index (χ2v) is 4.09. The summed E-state index contributed by atoms with van der Waals surface area (Å²) in [6.45, 7) is 0.302. The molecule has 0 aliphatic carbocycles. The predicted octanol–water partition coefficient (Wildman–Crippen LogP) is 2.04. The quantitative estimate of drug-likeness (QED) is 0.739. The Morgan fingerprint density at radius 2 is 1.89 bits per heavy atom. The largest absolute Gasteiger partial charge is 0.507 e. The third-order valence-corrected chi connectivity index (χ3v) is 2.64. The molecule has 2 rings (SSSR count). The summed E-state index contributed by atoms with van der Waals surface area (Å²) < 4.78 is 12.8. The first-order valence-electron chi connectivity index (χ1n) is 5.67. The fourth-order valence-corrected chi connectivity index (χ4v) is 1.61. The van der Waals surface area contributed by atoms with Crippen LogP contribution in [0.15, 0.2) is 42.5 Å². The molecule has 0 fully saturated rings. The van der Waals surface area contributed by atoms with E-state index in [2.05, 4.69) is 5.32 Å². The lowest BCUT2D eigenvalue weighted by molar-refractivity contribution is 0.0948. The van der Waals surface area contributed by atoms with Crippen molar-refractivity contribution in [2.45, 2.75) is 6.54 Å². The first-order chi connectivity index (χ1) is 9.06. The number of carbonyl (C=O) groups excluding carboxylic acids is 1. The molecule has 0 saturated carbocycles. The van der Waals surface area contributed by atoms with Crippen molar-refractivity contribution in [1.82, 2.24) is 5.32 Å². The molecule has 0 aliphatic heterocycles. The van der Waals surface area contributed by atoms with Crippen LogP contribution < -0.4 is 11.1 Å². The third kappa shape index (κ3) is 3.22. The second-order valence-electron chi connectivity index (χ2n) is 4.09. The summed E-state index contributed by atoms with van der Waals surface area (Å²) in [6, 6.07) is 10.3. The van der Waals surface area contributed by atoms with Gasteiger partial charge in [0.2, 0.25) is 0 Å². The van der Waals surface area contributed by atoms with Crippen molar-refractivity contribution < 1.29 is 14.3 Å². The molecule has 0 aromatic heterocycles. The van der Waals surface area contributed by atoms with Crippen molar-refractivity contribution in [1.29, 1.82) is 0 Å². The maximum Gasteiger partial charge on any atom is 0.255 e. The number of benzene rings is 2. The van der Waals surface area contributed by atoms with Crippen LogP contribution in [0.25, 0.3) is 0 Å². The van der Waals surface area contributed by atoms with Crippen LogP contribution in [0.2, 0.25) is 0 Å². The molecule has 2 aromatic carbocycles. The number of phenolic OH excluding ortho intramolecular Hbond substituents is 1. The molecule has 19 heavy (non-hydrogen) atoms. The average Bonchev–Trinajstić information content (AvgIpc) is 2.37. The lowest BCUT2D eigenvalue weighted by Gasteiger charge is -2.07. The van der Waals surface area contributed by atoms with Crippen LogP contribution in [0.4, 0.5) is 10.1 Å². The van der Waals surface area contributed by atoms with Gasteiger partial charge in [0.05, 0.1) is 5.56 Å². The number of hydrogen-bond donors (Lipinski definition) is 3. The molecule has 0 bridgehead atoms. The number of amides is 1. The Morgan fingerprint density at radius 3 is 2.53 bits per heavy atom. The van der Waals surface area contributed by atoms with E-state index in [4.69, 9.17) is 5.73 Å². The Kier molecular flexibility index (Phi) is 3.66. The summed E-state index contributed by atoms with van der Waals surface area (Å²) in [7, 11) is 0. The molecule has 4 N–H and O–H groups in total. The highest BCUT2D eigenvalue weighted by Gasteiger charge is 2.11. The molecule has 0 radical (unpaired) electrons. The van der Waals surface area contributed by atoms with Gasteiger partial charge in [0.1, 0.15) is 11.6 Å². The van der Waals surface area contributed by atoms with E-state index in [9.17, 15) is 14.3 Å². The molecule has 0 heterocycles. The summed E-state index contributed by atoms with van der Waals surface area (Å²) in [5.41, 5.74) is 7.11.